The molecular formula is C7H10. The predicted molar refractivity (Wildman–Crippen MR) is 33.1 cm³/mol. The lowest BCUT2D eigenvalue weighted by Gasteiger charge is -1.78. The molecule has 7 heavy (non-hydrogen) atoms. The Morgan fingerprint density at radius 3 is 2.43 bits per heavy atom. The minimum Gasteiger partial charge on any atom is -0.128 e. The summed E-state index contributed by atoms with van der Waals surface area (Å²) in [5, 5.41) is 0. The largest absolute Gasteiger partial charge is 0.128 e. The van der Waals surface area contributed by atoms with Gasteiger partial charge in [-0.25, -0.2) is 0 Å². The number of hydrogen-bond acceptors (Lipinski definition) is 0. The van der Waals surface area contributed by atoms with Crippen LogP contribution in [0.15, 0.2) is 30.0 Å². The summed E-state index contributed by atoms with van der Waals surface area (Å²) in [5.41, 5.74) is 3.88. The number of hydrogen-bond donors (Lipinski definition) is 0. The van der Waals surface area contributed by atoms with Gasteiger partial charge in [0.2, 0.25) is 0 Å². The Balaban J connectivity index is 3.82. The van der Waals surface area contributed by atoms with Crippen molar-refractivity contribution in [1.82, 2.24) is 0 Å². The molecule has 0 aromatic carbocycles. The third-order valence-corrected chi connectivity index (χ3v) is 0.785. The maximum atomic E-state index is 3.43. The summed E-state index contributed by atoms with van der Waals surface area (Å²) in [6.45, 7) is 7.43. The highest BCUT2D eigenvalue weighted by molar-refractivity contribution is 5.12. The molecule has 0 spiro atoms. The Labute approximate surface area is 44.9 Å². The Kier molecular flexibility index (Phi) is 3.09. The third-order valence-electron chi connectivity index (χ3n) is 0.785. The van der Waals surface area contributed by atoms with Crippen molar-refractivity contribution in [3.8, 4) is 0 Å². The van der Waals surface area contributed by atoms with Gasteiger partial charge in [-0.3, -0.25) is 0 Å². The highest BCUT2D eigenvalue weighted by Crippen LogP contribution is 1.89. The SMILES string of the molecule is C=C=C/C(C)=C/C. The zero-order chi connectivity index (χ0) is 5.70. The molecule has 0 saturated carbocycles. The van der Waals surface area contributed by atoms with Gasteiger partial charge < -0.3 is 0 Å². The Bertz CT molecular complexity index is 112. The van der Waals surface area contributed by atoms with E-state index in [2.05, 4.69) is 12.3 Å². The van der Waals surface area contributed by atoms with E-state index in [1.807, 2.05) is 26.0 Å². The lowest BCUT2D eigenvalue weighted by molar-refractivity contribution is 1.48. The molecular weight excluding hydrogens is 84.1 g/mol. The van der Waals surface area contributed by atoms with Gasteiger partial charge >= 0.3 is 0 Å². The first-order chi connectivity index (χ1) is 3.31. The van der Waals surface area contributed by atoms with Gasteiger partial charge in [-0.15, -0.1) is 5.73 Å². The van der Waals surface area contributed by atoms with Crippen LogP contribution in [0.5, 0.6) is 0 Å². The van der Waals surface area contributed by atoms with E-state index in [0.29, 0.717) is 0 Å². The lowest BCUT2D eigenvalue weighted by atomic mass is 10.3. The van der Waals surface area contributed by atoms with Gasteiger partial charge in [-0.1, -0.05) is 12.7 Å². The summed E-state index contributed by atoms with van der Waals surface area (Å²) in [7, 11) is 0. The smallest absolute Gasteiger partial charge is 0.0180 e. The second-order valence-corrected chi connectivity index (χ2v) is 1.38. The van der Waals surface area contributed by atoms with Crippen molar-refractivity contribution < 1.29 is 0 Å². The second kappa shape index (κ2) is 3.45. The molecule has 0 fully saturated rings. The van der Waals surface area contributed by atoms with Gasteiger partial charge in [0.25, 0.3) is 0 Å². The maximum absolute atomic E-state index is 3.43. The van der Waals surface area contributed by atoms with Gasteiger partial charge in [0.15, 0.2) is 0 Å². The van der Waals surface area contributed by atoms with Crippen molar-refractivity contribution in [3.05, 3.63) is 30.0 Å². The van der Waals surface area contributed by atoms with E-state index >= 15 is 0 Å². The fourth-order valence-corrected chi connectivity index (χ4v) is 0.244. The molecule has 0 heteroatoms. The van der Waals surface area contributed by atoms with Gasteiger partial charge in [0.1, 0.15) is 0 Å². The standard InChI is InChI=1S/C7H10/c1-4-6-7(3)5-2/h5-6H,1H2,2-3H3/b7-5+. The minimum atomic E-state index is 1.20. The molecule has 0 aliphatic carbocycles. The monoisotopic (exact) mass is 94.1 g/mol. The van der Waals surface area contributed by atoms with Gasteiger partial charge in [-0.2, -0.15) is 0 Å². The topological polar surface area (TPSA) is 0 Å². The summed E-state index contributed by atoms with van der Waals surface area (Å²) in [6, 6.07) is 0. The van der Waals surface area contributed by atoms with E-state index in [1.54, 1.807) is 0 Å². The molecule has 0 atom stereocenters. The third kappa shape index (κ3) is 3.08. The average molecular weight is 94.2 g/mol. The Morgan fingerprint density at radius 1 is 1.71 bits per heavy atom. The van der Waals surface area contributed by atoms with E-state index in [4.69, 9.17) is 0 Å². The average Bonchev–Trinajstić information content (AvgIpc) is 1.68. The molecule has 0 rings (SSSR count). The lowest BCUT2D eigenvalue weighted by Crippen LogP contribution is -1.58. The predicted octanol–water partition coefficient (Wildman–Crippen LogP) is 2.29. The molecule has 0 amide bonds. The molecule has 0 N–H and O–H groups in total. The van der Waals surface area contributed by atoms with Crippen LogP contribution < -0.4 is 0 Å². The molecule has 0 aliphatic rings. The van der Waals surface area contributed by atoms with Crippen LogP contribution in [0.25, 0.3) is 0 Å². The van der Waals surface area contributed by atoms with Crippen LogP contribution in [0.2, 0.25) is 0 Å². The fraction of sp³-hybridized carbons (Fsp3) is 0.286. The Hall–Kier alpha value is -0.740. The van der Waals surface area contributed by atoms with Crippen LogP contribution in [0, 0.1) is 0 Å². The van der Waals surface area contributed by atoms with Crippen LogP contribution in [0.1, 0.15) is 13.8 Å². The van der Waals surface area contributed by atoms with Crippen molar-refractivity contribution in [2.24, 2.45) is 0 Å². The summed E-state index contributed by atoms with van der Waals surface area (Å²) in [4.78, 5) is 0. The van der Waals surface area contributed by atoms with Crippen molar-refractivity contribution in [2.45, 2.75) is 13.8 Å². The molecule has 0 saturated heterocycles. The van der Waals surface area contributed by atoms with Gasteiger partial charge in [-0.05, 0) is 25.5 Å². The Morgan fingerprint density at radius 2 is 2.29 bits per heavy atom. The number of rotatable bonds is 1. The maximum Gasteiger partial charge on any atom is -0.0180 e. The van der Waals surface area contributed by atoms with Crippen LogP contribution in [0.4, 0.5) is 0 Å². The first-order valence-corrected chi connectivity index (χ1v) is 2.30. The zero-order valence-electron chi connectivity index (χ0n) is 4.86. The van der Waals surface area contributed by atoms with Gasteiger partial charge in [0.05, 0.1) is 0 Å². The highest BCUT2D eigenvalue weighted by Gasteiger charge is 1.69. The molecule has 0 aromatic rings. The van der Waals surface area contributed by atoms with Crippen LogP contribution in [0.3, 0.4) is 0 Å². The van der Waals surface area contributed by atoms with Crippen molar-refractivity contribution >= 4 is 0 Å². The van der Waals surface area contributed by atoms with Crippen LogP contribution >= 0.6 is 0 Å². The molecule has 0 heterocycles. The molecule has 0 radical (unpaired) electrons. The first-order valence-electron chi connectivity index (χ1n) is 2.30. The number of allylic oxidation sites excluding steroid dienone is 3. The molecule has 0 nitrogen and oxygen atoms in total. The van der Waals surface area contributed by atoms with Crippen LogP contribution in [-0.4, -0.2) is 0 Å². The molecule has 0 aromatic heterocycles. The first kappa shape index (κ1) is 6.26. The normalized spacial score (nSPS) is 10.3. The van der Waals surface area contributed by atoms with E-state index in [-0.39, 0.29) is 0 Å². The van der Waals surface area contributed by atoms with Crippen molar-refractivity contribution in [1.29, 1.82) is 0 Å². The molecule has 0 bridgehead atoms. The van der Waals surface area contributed by atoms with E-state index < -0.39 is 0 Å². The summed E-state index contributed by atoms with van der Waals surface area (Å²) < 4.78 is 0. The van der Waals surface area contributed by atoms with Crippen LogP contribution in [-0.2, 0) is 0 Å². The van der Waals surface area contributed by atoms with Crippen molar-refractivity contribution in [3.63, 3.8) is 0 Å². The highest BCUT2D eigenvalue weighted by atomic mass is 13.7. The molecule has 0 aliphatic heterocycles. The van der Waals surface area contributed by atoms with E-state index in [1.165, 1.54) is 5.57 Å². The summed E-state index contributed by atoms with van der Waals surface area (Å²) >= 11 is 0. The summed E-state index contributed by atoms with van der Waals surface area (Å²) in [5.74, 6) is 0. The zero-order valence-corrected chi connectivity index (χ0v) is 4.86. The van der Waals surface area contributed by atoms with E-state index in [0.717, 1.165) is 0 Å². The van der Waals surface area contributed by atoms with E-state index in [9.17, 15) is 0 Å². The van der Waals surface area contributed by atoms with Crippen molar-refractivity contribution in [2.75, 3.05) is 0 Å². The van der Waals surface area contributed by atoms with Gasteiger partial charge in [0, 0.05) is 0 Å². The minimum absolute atomic E-state index is 1.20. The fourth-order valence-electron chi connectivity index (χ4n) is 0.244. The quantitative estimate of drug-likeness (QED) is 0.345. The second-order valence-electron chi connectivity index (χ2n) is 1.38. The molecule has 38 valence electrons. The molecule has 0 unspecified atom stereocenters. The summed E-state index contributed by atoms with van der Waals surface area (Å²) in [6.07, 6.45) is 3.86.